The van der Waals surface area contributed by atoms with Crippen molar-refractivity contribution in [1.29, 1.82) is 0 Å². The molecule has 1 heterocycles. The topological polar surface area (TPSA) is 41.6 Å². The Morgan fingerprint density at radius 3 is 2.92 bits per heavy atom. The molecule has 1 unspecified atom stereocenters. The van der Waals surface area contributed by atoms with Gasteiger partial charge in [0.2, 0.25) is 5.91 Å². The summed E-state index contributed by atoms with van der Waals surface area (Å²) in [6, 6.07) is 11.2. The fourth-order valence-electron chi connectivity index (χ4n) is 3.37. The van der Waals surface area contributed by atoms with E-state index in [2.05, 4.69) is 10.2 Å². The van der Waals surface area contributed by atoms with Crippen LogP contribution in [0.1, 0.15) is 18.4 Å². The third-order valence-corrected chi connectivity index (χ3v) is 4.65. The largest absolute Gasteiger partial charge is 0.497 e. The van der Waals surface area contributed by atoms with E-state index in [1.807, 2.05) is 24.3 Å². The van der Waals surface area contributed by atoms with Crippen LogP contribution in [0.4, 0.5) is 14.5 Å². The lowest BCUT2D eigenvalue weighted by Crippen LogP contribution is -2.38. The molecule has 0 aromatic heterocycles. The summed E-state index contributed by atoms with van der Waals surface area (Å²) >= 11 is 0. The summed E-state index contributed by atoms with van der Waals surface area (Å²) in [7, 11) is 1.64. The van der Waals surface area contributed by atoms with E-state index in [0.717, 1.165) is 55.3 Å². The van der Waals surface area contributed by atoms with E-state index in [4.69, 9.17) is 4.74 Å². The Bertz CT molecular complexity index is 782. The van der Waals surface area contributed by atoms with Gasteiger partial charge in [-0.25, -0.2) is 8.78 Å². The van der Waals surface area contributed by atoms with Crippen LogP contribution in [0.5, 0.6) is 5.75 Å². The fraction of sp³-hybridized carbons (Fsp3) is 0.350. The predicted octanol–water partition coefficient (Wildman–Crippen LogP) is 3.62. The standard InChI is InChI=1S/C20H22F2N2O2/c1-26-17-6-2-4-14(11-17)10-16-5-3-9-24(16)13-20(25)23-19-12-15(21)7-8-18(19)22/h2,4,6-8,11-12,16H,3,5,9-10,13H2,1H3,(H,23,25). The van der Waals surface area contributed by atoms with Crippen LogP contribution in [0.2, 0.25) is 0 Å². The number of benzene rings is 2. The number of halogens is 2. The lowest BCUT2D eigenvalue weighted by Gasteiger charge is -2.24. The highest BCUT2D eigenvalue weighted by Crippen LogP contribution is 2.23. The van der Waals surface area contributed by atoms with Crippen LogP contribution in [0.15, 0.2) is 42.5 Å². The number of methoxy groups -OCH3 is 1. The number of likely N-dealkylation sites (tertiary alicyclic amines) is 1. The van der Waals surface area contributed by atoms with Crippen molar-refractivity contribution in [2.45, 2.75) is 25.3 Å². The molecule has 1 fully saturated rings. The van der Waals surface area contributed by atoms with Gasteiger partial charge in [-0.05, 0) is 55.6 Å². The van der Waals surface area contributed by atoms with Crippen molar-refractivity contribution in [2.24, 2.45) is 0 Å². The zero-order valence-corrected chi connectivity index (χ0v) is 14.7. The summed E-state index contributed by atoms with van der Waals surface area (Å²) in [5.74, 6) is -0.758. The average molecular weight is 360 g/mol. The van der Waals surface area contributed by atoms with E-state index in [0.29, 0.717) is 0 Å². The smallest absolute Gasteiger partial charge is 0.238 e. The number of hydrogen-bond acceptors (Lipinski definition) is 3. The van der Waals surface area contributed by atoms with Crippen molar-refractivity contribution < 1.29 is 18.3 Å². The molecule has 1 N–H and O–H groups in total. The van der Waals surface area contributed by atoms with E-state index < -0.39 is 11.6 Å². The Balaban J connectivity index is 1.61. The second-order valence-corrected chi connectivity index (χ2v) is 6.49. The van der Waals surface area contributed by atoms with Gasteiger partial charge in [0.1, 0.15) is 17.4 Å². The first-order valence-corrected chi connectivity index (χ1v) is 8.67. The summed E-state index contributed by atoms with van der Waals surface area (Å²) in [6.45, 7) is 0.971. The molecule has 138 valence electrons. The molecule has 6 heteroatoms. The molecule has 1 atom stereocenters. The molecule has 0 saturated carbocycles. The predicted molar refractivity (Wildman–Crippen MR) is 96.3 cm³/mol. The van der Waals surface area contributed by atoms with Crippen molar-refractivity contribution in [3.05, 3.63) is 59.7 Å². The van der Waals surface area contributed by atoms with Crippen LogP contribution in [0.3, 0.4) is 0 Å². The highest BCUT2D eigenvalue weighted by molar-refractivity contribution is 5.92. The Kier molecular flexibility index (Phi) is 5.83. The molecule has 0 bridgehead atoms. The van der Waals surface area contributed by atoms with Gasteiger partial charge in [-0.2, -0.15) is 0 Å². The van der Waals surface area contributed by atoms with Gasteiger partial charge in [-0.15, -0.1) is 0 Å². The molecule has 1 aliphatic rings. The molecule has 0 spiro atoms. The van der Waals surface area contributed by atoms with Crippen molar-refractivity contribution >= 4 is 11.6 Å². The molecular formula is C20H22F2N2O2. The van der Waals surface area contributed by atoms with Crippen LogP contribution in [-0.2, 0) is 11.2 Å². The number of nitrogens with zero attached hydrogens (tertiary/aromatic N) is 1. The van der Waals surface area contributed by atoms with E-state index >= 15 is 0 Å². The highest BCUT2D eigenvalue weighted by Gasteiger charge is 2.26. The molecule has 1 amide bonds. The summed E-state index contributed by atoms with van der Waals surface area (Å²) in [4.78, 5) is 14.4. The summed E-state index contributed by atoms with van der Waals surface area (Å²) in [6.07, 6.45) is 2.83. The number of amides is 1. The normalized spacial score (nSPS) is 17.3. The number of hydrogen-bond donors (Lipinski definition) is 1. The Hall–Kier alpha value is -2.47. The lowest BCUT2D eigenvalue weighted by molar-refractivity contribution is -0.117. The molecule has 0 aliphatic carbocycles. The van der Waals surface area contributed by atoms with Gasteiger partial charge in [0.15, 0.2) is 0 Å². The van der Waals surface area contributed by atoms with Crippen LogP contribution in [-0.4, -0.2) is 37.0 Å². The average Bonchev–Trinajstić information content (AvgIpc) is 3.05. The first-order valence-electron chi connectivity index (χ1n) is 8.67. The number of carbonyl (C=O) groups excluding carboxylic acids is 1. The summed E-state index contributed by atoms with van der Waals surface area (Å²) < 4.78 is 32.2. The molecule has 3 rings (SSSR count). The van der Waals surface area contributed by atoms with Gasteiger partial charge in [-0.3, -0.25) is 9.69 Å². The maximum atomic E-state index is 13.7. The molecule has 1 saturated heterocycles. The highest BCUT2D eigenvalue weighted by atomic mass is 19.1. The van der Waals surface area contributed by atoms with Crippen molar-refractivity contribution in [3.63, 3.8) is 0 Å². The lowest BCUT2D eigenvalue weighted by atomic mass is 10.0. The minimum Gasteiger partial charge on any atom is -0.497 e. The summed E-state index contributed by atoms with van der Waals surface area (Å²) in [5, 5.41) is 2.46. The molecular weight excluding hydrogens is 338 g/mol. The maximum absolute atomic E-state index is 13.7. The van der Waals surface area contributed by atoms with Gasteiger partial charge >= 0.3 is 0 Å². The van der Waals surface area contributed by atoms with Crippen LogP contribution >= 0.6 is 0 Å². The molecule has 1 aliphatic heterocycles. The zero-order valence-electron chi connectivity index (χ0n) is 14.7. The van der Waals surface area contributed by atoms with Crippen LogP contribution in [0, 0.1) is 11.6 Å². The fourth-order valence-corrected chi connectivity index (χ4v) is 3.37. The third-order valence-electron chi connectivity index (χ3n) is 4.65. The number of anilines is 1. The maximum Gasteiger partial charge on any atom is 0.238 e. The first-order chi connectivity index (χ1) is 12.5. The minimum absolute atomic E-state index is 0.126. The van der Waals surface area contributed by atoms with Crippen molar-refractivity contribution in [2.75, 3.05) is 25.5 Å². The second kappa shape index (κ2) is 8.27. The minimum atomic E-state index is -0.644. The monoisotopic (exact) mass is 360 g/mol. The quantitative estimate of drug-likeness (QED) is 0.856. The van der Waals surface area contributed by atoms with Gasteiger partial charge in [0, 0.05) is 12.1 Å². The zero-order chi connectivity index (χ0) is 18.5. The summed E-state index contributed by atoms with van der Waals surface area (Å²) in [5.41, 5.74) is 1.02. The van der Waals surface area contributed by atoms with Crippen molar-refractivity contribution in [3.8, 4) is 5.75 Å². The van der Waals surface area contributed by atoms with Crippen LogP contribution < -0.4 is 10.1 Å². The van der Waals surface area contributed by atoms with E-state index in [-0.39, 0.29) is 24.2 Å². The first kappa shape index (κ1) is 18.3. The van der Waals surface area contributed by atoms with Crippen LogP contribution in [0.25, 0.3) is 0 Å². The number of rotatable bonds is 6. The second-order valence-electron chi connectivity index (χ2n) is 6.49. The number of nitrogens with one attached hydrogen (secondary N) is 1. The number of carbonyl (C=O) groups is 1. The van der Waals surface area contributed by atoms with Gasteiger partial charge in [0.25, 0.3) is 0 Å². The Morgan fingerprint density at radius 1 is 1.27 bits per heavy atom. The Morgan fingerprint density at radius 2 is 2.12 bits per heavy atom. The van der Waals surface area contributed by atoms with Gasteiger partial charge in [0.05, 0.1) is 19.3 Å². The van der Waals surface area contributed by atoms with E-state index in [9.17, 15) is 13.6 Å². The third kappa shape index (κ3) is 4.58. The SMILES string of the molecule is COc1cccc(CC2CCCN2CC(=O)Nc2cc(F)ccc2F)c1. The molecule has 2 aromatic rings. The van der Waals surface area contributed by atoms with Gasteiger partial charge < -0.3 is 10.1 Å². The van der Waals surface area contributed by atoms with E-state index in [1.54, 1.807) is 7.11 Å². The molecule has 0 radical (unpaired) electrons. The number of ether oxygens (including phenoxy) is 1. The van der Waals surface area contributed by atoms with Crippen molar-refractivity contribution in [1.82, 2.24) is 4.90 Å². The molecule has 2 aromatic carbocycles. The van der Waals surface area contributed by atoms with E-state index in [1.165, 1.54) is 0 Å². The van der Waals surface area contributed by atoms with Gasteiger partial charge in [-0.1, -0.05) is 12.1 Å². The Labute approximate surface area is 151 Å². The molecule has 26 heavy (non-hydrogen) atoms. The molecule has 4 nitrogen and oxygen atoms in total.